The van der Waals surface area contributed by atoms with Crippen LogP contribution in [0.5, 0.6) is 0 Å². The molecule has 0 fully saturated rings. The second-order valence-corrected chi connectivity index (χ2v) is 5.18. The smallest absolute Gasteiger partial charge is 0.388 e. The molecule has 0 unspecified atom stereocenters. The Morgan fingerprint density at radius 2 is 1.35 bits per heavy atom. The topological polar surface area (TPSA) is 205 Å². The monoisotopic (exact) mass is 320 g/mol. The summed E-state index contributed by atoms with van der Waals surface area (Å²) >= 11 is 0. The quantitative estimate of drug-likeness (QED) is 0.150. The molecule has 0 aromatic carbocycles. The molecule has 0 spiro atoms. The van der Waals surface area contributed by atoms with Crippen molar-refractivity contribution in [2.24, 2.45) is 0 Å². The molecular formula is C8H17O11P. The van der Waals surface area contributed by atoms with Crippen molar-refractivity contribution >= 4 is 14.1 Å². The maximum atomic E-state index is 10.4. The summed E-state index contributed by atoms with van der Waals surface area (Å²) in [6.45, 7) is -1.07. The van der Waals surface area contributed by atoms with Crippen LogP contribution in [0.2, 0.25) is 0 Å². The number of aldehydes is 1. The summed E-state index contributed by atoms with van der Waals surface area (Å²) in [6, 6.07) is 0. The molecule has 8 N–H and O–H groups in total. The van der Waals surface area contributed by atoms with Crippen molar-refractivity contribution in [3.63, 3.8) is 0 Å². The Bertz CT molecular complexity index is 343. The van der Waals surface area contributed by atoms with Gasteiger partial charge in [-0.1, -0.05) is 0 Å². The number of rotatable bonds is 9. The van der Waals surface area contributed by atoms with Gasteiger partial charge < -0.3 is 45.2 Å². The number of phosphoric ester groups is 1. The van der Waals surface area contributed by atoms with E-state index in [4.69, 9.17) is 14.9 Å². The van der Waals surface area contributed by atoms with Crippen LogP contribution in [0.3, 0.4) is 0 Å². The minimum atomic E-state index is -4.90. The Balaban J connectivity index is 4.55. The van der Waals surface area contributed by atoms with Crippen molar-refractivity contribution in [2.45, 2.75) is 36.6 Å². The molecule has 0 aromatic rings. The minimum absolute atomic E-state index is 0.125. The second kappa shape index (κ2) is 8.10. The number of hydrogen-bond acceptors (Lipinski definition) is 9. The van der Waals surface area contributed by atoms with Crippen molar-refractivity contribution in [2.75, 3.05) is 6.61 Å². The van der Waals surface area contributed by atoms with Gasteiger partial charge in [-0.15, -0.1) is 0 Å². The SMILES string of the molecule is O=C[C@H](O)[C@@H](O)[C@H](O)[C@H](O)[C@H](O)[C@H](O)COP(=O)(O)O. The fraction of sp³-hybridized carbons (Fsp3) is 0.875. The van der Waals surface area contributed by atoms with Gasteiger partial charge in [0.2, 0.25) is 0 Å². The fourth-order valence-corrected chi connectivity index (χ4v) is 1.53. The number of phosphoric acid groups is 1. The number of aliphatic hydroxyl groups is 6. The predicted octanol–water partition coefficient (Wildman–Crippen LogP) is -4.54. The molecule has 0 aliphatic carbocycles. The summed E-state index contributed by atoms with van der Waals surface area (Å²) in [4.78, 5) is 26.9. The lowest BCUT2D eigenvalue weighted by atomic mass is 9.97. The van der Waals surface area contributed by atoms with E-state index in [2.05, 4.69) is 4.52 Å². The maximum absolute atomic E-state index is 10.4. The molecule has 0 saturated carbocycles. The maximum Gasteiger partial charge on any atom is 0.469 e. The normalized spacial score (nSPS) is 21.6. The third-order valence-corrected chi connectivity index (χ3v) is 2.83. The minimum Gasteiger partial charge on any atom is -0.388 e. The van der Waals surface area contributed by atoms with Crippen LogP contribution < -0.4 is 0 Å². The lowest BCUT2D eigenvalue weighted by Gasteiger charge is -2.29. The molecule has 12 heteroatoms. The van der Waals surface area contributed by atoms with E-state index in [1.165, 1.54) is 0 Å². The Morgan fingerprint density at radius 3 is 1.75 bits per heavy atom. The first kappa shape index (κ1) is 19.5. The molecule has 120 valence electrons. The highest BCUT2D eigenvalue weighted by Gasteiger charge is 2.37. The lowest BCUT2D eigenvalue weighted by molar-refractivity contribution is -0.159. The largest absolute Gasteiger partial charge is 0.469 e. The zero-order chi connectivity index (χ0) is 16.1. The molecule has 0 radical (unpaired) electrons. The van der Waals surface area contributed by atoms with Crippen LogP contribution >= 0.6 is 7.82 Å². The van der Waals surface area contributed by atoms with Gasteiger partial charge in [-0.25, -0.2) is 4.57 Å². The molecule has 0 rings (SSSR count). The van der Waals surface area contributed by atoms with Crippen molar-refractivity contribution < 1.29 is 54.3 Å². The highest BCUT2D eigenvalue weighted by molar-refractivity contribution is 7.46. The Morgan fingerprint density at radius 1 is 0.900 bits per heavy atom. The van der Waals surface area contributed by atoms with E-state index in [0.717, 1.165) is 0 Å². The molecular weight excluding hydrogens is 303 g/mol. The van der Waals surface area contributed by atoms with Gasteiger partial charge in [-0.2, -0.15) is 0 Å². The summed E-state index contributed by atoms with van der Waals surface area (Å²) in [5, 5.41) is 55.5. The summed E-state index contributed by atoms with van der Waals surface area (Å²) in [6.07, 6.45) is -12.9. The molecule has 20 heavy (non-hydrogen) atoms. The van der Waals surface area contributed by atoms with Crippen molar-refractivity contribution in [3.05, 3.63) is 0 Å². The van der Waals surface area contributed by atoms with E-state index in [-0.39, 0.29) is 6.29 Å². The molecule has 0 aromatic heterocycles. The summed E-state index contributed by atoms with van der Waals surface area (Å²) < 4.78 is 14.2. The van der Waals surface area contributed by atoms with Crippen LogP contribution in [-0.2, 0) is 13.9 Å². The number of carbonyl (C=O) groups excluding carboxylic acids is 1. The van der Waals surface area contributed by atoms with Gasteiger partial charge in [0.1, 0.15) is 36.6 Å². The van der Waals surface area contributed by atoms with Crippen molar-refractivity contribution in [1.82, 2.24) is 0 Å². The van der Waals surface area contributed by atoms with Crippen LogP contribution in [-0.4, -0.2) is 89.9 Å². The standard InChI is InChI=1S/C8H17O11P/c9-1-3(10)5(12)7(14)8(15)6(13)4(11)2-19-20(16,17)18/h1,3-8,10-15H,2H2,(H2,16,17,18)/t3-,4+,5+,6+,7-,8+/m0/s1. The van der Waals surface area contributed by atoms with E-state index in [1.54, 1.807) is 0 Å². The average molecular weight is 320 g/mol. The first-order valence-corrected chi connectivity index (χ1v) is 6.78. The van der Waals surface area contributed by atoms with Crippen LogP contribution in [0.1, 0.15) is 0 Å². The molecule has 6 atom stereocenters. The summed E-state index contributed by atoms with van der Waals surface area (Å²) in [5.74, 6) is 0. The van der Waals surface area contributed by atoms with Gasteiger partial charge in [0.25, 0.3) is 0 Å². The number of hydrogen-bond donors (Lipinski definition) is 8. The molecule has 0 amide bonds. The first-order chi connectivity index (χ1) is 9.01. The van der Waals surface area contributed by atoms with E-state index in [9.17, 15) is 34.9 Å². The lowest BCUT2D eigenvalue weighted by Crippen LogP contribution is -2.53. The van der Waals surface area contributed by atoms with Crippen LogP contribution in [0.4, 0.5) is 0 Å². The van der Waals surface area contributed by atoms with Crippen molar-refractivity contribution in [3.8, 4) is 0 Å². The number of carbonyl (C=O) groups is 1. The molecule has 0 bridgehead atoms. The van der Waals surface area contributed by atoms with Gasteiger partial charge in [-0.3, -0.25) is 4.52 Å². The van der Waals surface area contributed by atoms with Gasteiger partial charge in [-0.05, 0) is 0 Å². The Kier molecular flexibility index (Phi) is 7.91. The predicted molar refractivity (Wildman–Crippen MR) is 60.1 cm³/mol. The van der Waals surface area contributed by atoms with E-state index < -0.39 is 51.1 Å². The van der Waals surface area contributed by atoms with Gasteiger partial charge >= 0.3 is 7.82 Å². The second-order valence-electron chi connectivity index (χ2n) is 3.94. The fourth-order valence-electron chi connectivity index (χ4n) is 1.19. The first-order valence-electron chi connectivity index (χ1n) is 5.25. The average Bonchev–Trinajstić information content (AvgIpc) is 2.39. The zero-order valence-corrected chi connectivity index (χ0v) is 10.9. The van der Waals surface area contributed by atoms with Crippen LogP contribution in [0, 0.1) is 0 Å². The molecule has 11 nitrogen and oxygen atoms in total. The third kappa shape index (κ3) is 6.33. The highest BCUT2D eigenvalue weighted by Crippen LogP contribution is 2.35. The Labute approximate surface area is 112 Å². The van der Waals surface area contributed by atoms with Crippen LogP contribution in [0.25, 0.3) is 0 Å². The van der Waals surface area contributed by atoms with Gasteiger partial charge in [0.05, 0.1) is 6.61 Å². The van der Waals surface area contributed by atoms with E-state index in [0.29, 0.717) is 0 Å². The Hall–Kier alpha value is -0.460. The zero-order valence-electron chi connectivity index (χ0n) is 10.00. The van der Waals surface area contributed by atoms with Gasteiger partial charge in [0, 0.05) is 0 Å². The third-order valence-electron chi connectivity index (χ3n) is 2.35. The van der Waals surface area contributed by atoms with Gasteiger partial charge in [0.15, 0.2) is 6.29 Å². The van der Waals surface area contributed by atoms with E-state index in [1.807, 2.05) is 0 Å². The van der Waals surface area contributed by atoms with Crippen molar-refractivity contribution in [1.29, 1.82) is 0 Å². The number of aliphatic hydroxyl groups excluding tert-OH is 6. The summed E-state index contributed by atoms with van der Waals surface area (Å²) in [7, 11) is -4.90. The molecule has 0 heterocycles. The highest BCUT2D eigenvalue weighted by atomic mass is 31.2. The van der Waals surface area contributed by atoms with Crippen LogP contribution in [0.15, 0.2) is 0 Å². The molecule has 0 saturated heterocycles. The van der Waals surface area contributed by atoms with E-state index >= 15 is 0 Å². The summed E-state index contributed by atoms with van der Waals surface area (Å²) in [5.41, 5.74) is 0. The molecule has 0 aliphatic heterocycles. The molecule has 0 aliphatic rings.